The molecule has 1 N–H and O–H groups in total. The Hall–Kier alpha value is -2.43. The Morgan fingerprint density at radius 1 is 1.17 bits per heavy atom. The Labute approximate surface area is 176 Å². The monoisotopic (exact) mass is 411 g/mol. The first-order valence-corrected chi connectivity index (χ1v) is 10.1. The number of hydrogen-bond donors (Lipinski definition) is 1. The lowest BCUT2D eigenvalue weighted by Gasteiger charge is -2.28. The summed E-state index contributed by atoms with van der Waals surface area (Å²) in [5, 5.41) is 11.6. The number of aryl methyl sites for hydroxylation is 2. The normalized spacial score (nSPS) is 12.9. The van der Waals surface area contributed by atoms with Crippen LogP contribution in [0.3, 0.4) is 0 Å². The number of halogens is 1. The third-order valence-corrected chi connectivity index (χ3v) is 5.03. The second-order valence-electron chi connectivity index (χ2n) is 8.15. The molecule has 1 heterocycles. The van der Waals surface area contributed by atoms with E-state index in [2.05, 4.69) is 19.1 Å². The van der Waals surface area contributed by atoms with Gasteiger partial charge in [0.2, 0.25) is 0 Å². The highest BCUT2D eigenvalue weighted by Crippen LogP contribution is 2.39. The number of carbonyl (C=O) groups is 1. The largest absolute Gasteiger partial charge is 0.479 e. The zero-order valence-electron chi connectivity index (χ0n) is 17.4. The van der Waals surface area contributed by atoms with E-state index in [0.29, 0.717) is 16.3 Å². The molecule has 0 amide bonds. The van der Waals surface area contributed by atoms with Crippen LogP contribution in [0.4, 0.5) is 0 Å². The molecule has 0 bridgehead atoms. The number of rotatable bonds is 5. The van der Waals surface area contributed by atoms with Gasteiger partial charge in [-0.1, -0.05) is 36.7 Å². The van der Waals surface area contributed by atoms with Crippen LogP contribution in [0.15, 0.2) is 42.5 Å². The molecular weight excluding hydrogens is 386 g/mol. The lowest BCUT2D eigenvalue weighted by molar-refractivity contribution is -0.160. The number of benzene rings is 2. The summed E-state index contributed by atoms with van der Waals surface area (Å²) < 4.78 is 5.99. The summed E-state index contributed by atoms with van der Waals surface area (Å²) >= 11 is 6.11. The molecule has 0 fully saturated rings. The fourth-order valence-corrected chi connectivity index (χ4v) is 3.63. The van der Waals surface area contributed by atoms with Gasteiger partial charge in [0, 0.05) is 21.7 Å². The number of aromatic nitrogens is 1. The Morgan fingerprint density at radius 3 is 2.38 bits per heavy atom. The average molecular weight is 412 g/mol. The molecule has 1 aromatic heterocycles. The van der Waals surface area contributed by atoms with Crippen LogP contribution in [-0.4, -0.2) is 21.7 Å². The van der Waals surface area contributed by atoms with Crippen molar-refractivity contribution < 1.29 is 14.6 Å². The van der Waals surface area contributed by atoms with Gasteiger partial charge in [-0.25, -0.2) is 4.79 Å². The predicted octanol–water partition coefficient (Wildman–Crippen LogP) is 6.37. The average Bonchev–Trinajstić information content (AvgIpc) is 2.65. The summed E-state index contributed by atoms with van der Waals surface area (Å²) in [4.78, 5) is 17.0. The topological polar surface area (TPSA) is 59.4 Å². The molecule has 1 atom stereocenters. The first-order valence-electron chi connectivity index (χ1n) is 9.70. The van der Waals surface area contributed by atoms with Gasteiger partial charge >= 0.3 is 5.97 Å². The van der Waals surface area contributed by atoms with E-state index in [0.717, 1.165) is 34.0 Å². The number of aliphatic carboxylic acids is 1. The van der Waals surface area contributed by atoms with E-state index in [1.807, 2.05) is 58.0 Å². The van der Waals surface area contributed by atoms with Crippen LogP contribution in [0.25, 0.3) is 22.0 Å². The number of carboxylic acids is 1. The van der Waals surface area contributed by atoms with Gasteiger partial charge in [0.25, 0.3) is 0 Å². The molecule has 0 radical (unpaired) electrons. The van der Waals surface area contributed by atoms with Crippen LogP contribution in [0.5, 0.6) is 0 Å². The highest BCUT2D eigenvalue weighted by Gasteiger charge is 2.32. The molecule has 3 aromatic rings. The van der Waals surface area contributed by atoms with E-state index in [1.165, 1.54) is 0 Å². The fraction of sp³-hybridized carbons (Fsp3) is 0.333. The van der Waals surface area contributed by atoms with E-state index in [9.17, 15) is 9.90 Å². The molecule has 0 spiro atoms. The third kappa shape index (κ3) is 4.60. The second kappa shape index (κ2) is 8.13. The van der Waals surface area contributed by atoms with E-state index >= 15 is 0 Å². The number of hydrogen-bond acceptors (Lipinski definition) is 3. The van der Waals surface area contributed by atoms with E-state index < -0.39 is 17.7 Å². The Kier molecular flexibility index (Phi) is 5.97. The van der Waals surface area contributed by atoms with Crippen molar-refractivity contribution in [3.63, 3.8) is 0 Å². The van der Waals surface area contributed by atoms with Gasteiger partial charge in [0.15, 0.2) is 6.10 Å². The molecule has 29 heavy (non-hydrogen) atoms. The fourth-order valence-electron chi connectivity index (χ4n) is 3.50. The van der Waals surface area contributed by atoms with Crippen molar-refractivity contribution in [2.24, 2.45) is 0 Å². The molecular formula is C24H26ClNO3. The molecule has 0 unspecified atom stereocenters. The summed E-state index contributed by atoms with van der Waals surface area (Å²) in [6.07, 6.45) is -0.261. The van der Waals surface area contributed by atoms with Crippen molar-refractivity contribution in [3.05, 3.63) is 64.3 Å². The zero-order chi connectivity index (χ0) is 21.3. The van der Waals surface area contributed by atoms with Crippen molar-refractivity contribution in [2.75, 3.05) is 0 Å². The maximum Gasteiger partial charge on any atom is 0.337 e. The third-order valence-electron chi connectivity index (χ3n) is 4.78. The van der Waals surface area contributed by atoms with Crippen molar-refractivity contribution in [2.45, 2.75) is 52.7 Å². The molecule has 4 nitrogen and oxygen atoms in total. The van der Waals surface area contributed by atoms with Crippen molar-refractivity contribution >= 4 is 28.5 Å². The van der Waals surface area contributed by atoms with Crippen molar-refractivity contribution in [1.82, 2.24) is 4.98 Å². The number of pyridine rings is 1. The predicted molar refractivity (Wildman–Crippen MR) is 118 cm³/mol. The lowest BCUT2D eigenvalue weighted by Crippen LogP contribution is -2.28. The summed E-state index contributed by atoms with van der Waals surface area (Å²) in [6, 6.07) is 13.6. The summed E-state index contributed by atoms with van der Waals surface area (Å²) in [5.41, 5.74) is 4.29. The van der Waals surface area contributed by atoms with Crippen LogP contribution < -0.4 is 0 Å². The Balaban J connectivity index is 2.41. The molecule has 5 heteroatoms. The summed E-state index contributed by atoms with van der Waals surface area (Å²) in [5.74, 6) is -1.04. The van der Waals surface area contributed by atoms with E-state index in [1.54, 1.807) is 0 Å². The summed E-state index contributed by atoms with van der Waals surface area (Å²) in [6.45, 7) is 9.48. The van der Waals surface area contributed by atoms with Crippen LogP contribution in [0.2, 0.25) is 5.02 Å². The molecule has 0 saturated heterocycles. The quantitative estimate of drug-likeness (QED) is 0.530. The minimum Gasteiger partial charge on any atom is -0.479 e. The van der Waals surface area contributed by atoms with Gasteiger partial charge in [-0.15, -0.1) is 0 Å². The van der Waals surface area contributed by atoms with Crippen molar-refractivity contribution in [1.29, 1.82) is 0 Å². The standard InChI is InChI=1S/C24H26ClNO3/c1-6-15-7-12-19-18(13-15)21(16-8-10-17(25)11-9-16)20(14(2)26-19)22(23(27)28)29-24(3,4)5/h7-13,22H,6H2,1-5H3,(H,27,28)/t22-/m0/s1. The summed E-state index contributed by atoms with van der Waals surface area (Å²) in [7, 11) is 0. The molecule has 0 aliphatic rings. The number of ether oxygens (including phenoxy) is 1. The van der Waals surface area contributed by atoms with Crippen LogP contribution in [0, 0.1) is 6.92 Å². The van der Waals surface area contributed by atoms with Crippen LogP contribution in [0.1, 0.15) is 50.6 Å². The molecule has 0 aliphatic heterocycles. The van der Waals surface area contributed by atoms with Crippen LogP contribution in [-0.2, 0) is 16.0 Å². The van der Waals surface area contributed by atoms with Gasteiger partial charge < -0.3 is 9.84 Å². The molecule has 152 valence electrons. The molecule has 0 aliphatic carbocycles. The number of carboxylic acid groups (broad SMARTS) is 1. The van der Waals surface area contributed by atoms with Gasteiger partial charge in [-0.05, 0) is 75.1 Å². The number of nitrogens with zero attached hydrogens (tertiary/aromatic N) is 1. The van der Waals surface area contributed by atoms with Crippen molar-refractivity contribution in [3.8, 4) is 11.1 Å². The Bertz CT molecular complexity index is 1050. The van der Waals surface area contributed by atoms with Gasteiger partial charge in [-0.2, -0.15) is 0 Å². The zero-order valence-corrected chi connectivity index (χ0v) is 18.2. The minimum absolute atomic E-state index is 0.579. The molecule has 0 saturated carbocycles. The molecule has 2 aromatic carbocycles. The maximum absolute atomic E-state index is 12.3. The second-order valence-corrected chi connectivity index (χ2v) is 8.58. The van der Waals surface area contributed by atoms with E-state index in [-0.39, 0.29) is 0 Å². The Morgan fingerprint density at radius 2 is 1.83 bits per heavy atom. The maximum atomic E-state index is 12.3. The smallest absolute Gasteiger partial charge is 0.337 e. The van der Waals surface area contributed by atoms with Gasteiger partial charge in [0.1, 0.15) is 0 Å². The van der Waals surface area contributed by atoms with Gasteiger partial charge in [0.05, 0.1) is 11.1 Å². The van der Waals surface area contributed by atoms with Gasteiger partial charge in [-0.3, -0.25) is 4.98 Å². The number of fused-ring (bicyclic) bond motifs is 1. The lowest BCUT2D eigenvalue weighted by atomic mass is 9.90. The minimum atomic E-state index is -1.14. The highest BCUT2D eigenvalue weighted by atomic mass is 35.5. The highest BCUT2D eigenvalue weighted by molar-refractivity contribution is 6.30. The van der Waals surface area contributed by atoms with E-state index in [4.69, 9.17) is 21.3 Å². The SMILES string of the molecule is CCc1ccc2nc(C)c([C@H](OC(C)(C)C)C(=O)O)c(-c3ccc(Cl)cc3)c2c1. The molecule has 3 rings (SSSR count). The first kappa shape index (κ1) is 21.3. The first-order chi connectivity index (χ1) is 13.6. The van der Waals surface area contributed by atoms with Crippen LogP contribution >= 0.6 is 11.6 Å².